The zero-order chi connectivity index (χ0) is 10.1. The summed E-state index contributed by atoms with van der Waals surface area (Å²) >= 11 is 0. The molecule has 0 spiro atoms. The van der Waals surface area contributed by atoms with Gasteiger partial charge in [-0.15, -0.1) is 6.42 Å². The molecule has 74 valence electrons. The Bertz CT molecular complexity index is 187. The molecule has 0 rings (SSSR count). The summed E-state index contributed by atoms with van der Waals surface area (Å²) in [7, 11) is 0. The third-order valence-electron chi connectivity index (χ3n) is 1.57. The molecule has 0 aliphatic carbocycles. The van der Waals surface area contributed by atoms with E-state index < -0.39 is 12.0 Å². The maximum atomic E-state index is 11.0. The number of nitrogens with two attached hydrogens (primary N) is 2. The molecule has 0 aromatic heterocycles. The molecule has 0 aliphatic heterocycles. The number of carbonyl (C=O) groups is 1. The fourth-order valence-corrected chi connectivity index (χ4v) is 0.846. The Balaban J connectivity index is 3.52. The molecule has 0 aliphatic rings. The van der Waals surface area contributed by atoms with E-state index in [1.165, 1.54) is 0 Å². The van der Waals surface area contributed by atoms with Crippen LogP contribution in [-0.2, 0) is 9.53 Å². The van der Waals surface area contributed by atoms with E-state index >= 15 is 0 Å². The van der Waals surface area contributed by atoms with E-state index in [1.807, 2.05) is 0 Å². The summed E-state index contributed by atoms with van der Waals surface area (Å²) in [5, 5.41) is 0. The number of hydrogen-bond donors (Lipinski definition) is 2. The zero-order valence-electron chi connectivity index (χ0n) is 7.66. The van der Waals surface area contributed by atoms with Crippen molar-refractivity contribution >= 4 is 5.97 Å². The van der Waals surface area contributed by atoms with Crippen molar-refractivity contribution in [1.82, 2.24) is 0 Å². The molecule has 0 radical (unpaired) electrons. The van der Waals surface area contributed by atoms with Crippen molar-refractivity contribution in [1.29, 1.82) is 0 Å². The van der Waals surface area contributed by atoms with Crippen LogP contribution in [0.2, 0.25) is 0 Å². The summed E-state index contributed by atoms with van der Waals surface area (Å²) in [6, 6.07) is -0.570. The van der Waals surface area contributed by atoms with Crippen LogP contribution in [0.5, 0.6) is 0 Å². The first-order valence-corrected chi connectivity index (χ1v) is 4.28. The first-order chi connectivity index (χ1) is 6.22. The first-order valence-electron chi connectivity index (χ1n) is 4.28. The van der Waals surface area contributed by atoms with Crippen LogP contribution in [0.25, 0.3) is 0 Å². The standard InChI is InChI=1S/C9H16N2O2/c1-2-7-13-9(12)8(11)5-3-4-6-10/h1,8H,3-7,10-11H2/t8-/m0/s1. The number of hydrogen-bond acceptors (Lipinski definition) is 4. The van der Waals surface area contributed by atoms with Gasteiger partial charge in [0.15, 0.2) is 6.61 Å². The maximum Gasteiger partial charge on any atom is 0.323 e. The molecule has 0 unspecified atom stereocenters. The third kappa shape index (κ3) is 6.14. The lowest BCUT2D eigenvalue weighted by Gasteiger charge is -2.08. The van der Waals surface area contributed by atoms with Gasteiger partial charge in [-0.2, -0.15) is 0 Å². The van der Waals surface area contributed by atoms with Crippen molar-refractivity contribution in [3.8, 4) is 12.3 Å². The van der Waals surface area contributed by atoms with Crippen molar-refractivity contribution in [2.45, 2.75) is 25.3 Å². The van der Waals surface area contributed by atoms with Crippen molar-refractivity contribution in [2.24, 2.45) is 11.5 Å². The second-order valence-electron chi connectivity index (χ2n) is 2.70. The average molecular weight is 184 g/mol. The van der Waals surface area contributed by atoms with Gasteiger partial charge in [-0.05, 0) is 19.4 Å². The van der Waals surface area contributed by atoms with Crippen molar-refractivity contribution in [3.63, 3.8) is 0 Å². The quantitative estimate of drug-likeness (QED) is 0.335. The predicted octanol–water partition coefficient (Wildman–Crippen LogP) is -0.381. The lowest BCUT2D eigenvalue weighted by Crippen LogP contribution is -2.32. The third-order valence-corrected chi connectivity index (χ3v) is 1.57. The van der Waals surface area contributed by atoms with Crippen molar-refractivity contribution in [3.05, 3.63) is 0 Å². The Morgan fingerprint density at radius 3 is 2.77 bits per heavy atom. The highest BCUT2D eigenvalue weighted by Crippen LogP contribution is 1.99. The van der Waals surface area contributed by atoms with Crippen LogP contribution < -0.4 is 11.5 Å². The lowest BCUT2D eigenvalue weighted by atomic mass is 10.1. The van der Waals surface area contributed by atoms with Gasteiger partial charge in [0.1, 0.15) is 6.04 Å². The zero-order valence-corrected chi connectivity index (χ0v) is 7.66. The first kappa shape index (κ1) is 11.9. The lowest BCUT2D eigenvalue weighted by molar-refractivity contribution is -0.143. The van der Waals surface area contributed by atoms with Crippen LogP contribution in [0, 0.1) is 12.3 Å². The minimum Gasteiger partial charge on any atom is -0.451 e. The van der Waals surface area contributed by atoms with Crippen LogP contribution in [0.4, 0.5) is 0 Å². The van der Waals surface area contributed by atoms with Gasteiger partial charge >= 0.3 is 5.97 Å². The average Bonchev–Trinajstić information content (AvgIpc) is 2.14. The second kappa shape index (κ2) is 7.59. The minimum atomic E-state index is -0.570. The smallest absolute Gasteiger partial charge is 0.323 e. The molecule has 4 heteroatoms. The molecule has 0 heterocycles. The van der Waals surface area contributed by atoms with Gasteiger partial charge in [0, 0.05) is 0 Å². The van der Waals surface area contributed by atoms with Gasteiger partial charge in [0.25, 0.3) is 0 Å². The number of ether oxygens (including phenoxy) is 1. The number of esters is 1. The van der Waals surface area contributed by atoms with Crippen LogP contribution in [-0.4, -0.2) is 25.2 Å². The number of carbonyl (C=O) groups excluding carboxylic acids is 1. The van der Waals surface area contributed by atoms with E-state index in [1.54, 1.807) is 0 Å². The van der Waals surface area contributed by atoms with E-state index in [9.17, 15) is 4.79 Å². The SMILES string of the molecule is C#CCOC(=O)[C@@H](N)CCCCN. The monoisotopic (exact) mass is 184 g/mol. The van der Waals surface area contributed by atoms with E-state index in [0.717, 1.165) is 12.8 Å². The van der Waals surface area contributed by atoms with Gasteiger partial charge < -0.3 is 16.2 Å². The van der Waals surface area contributed by atoms with Crippen LogP contribution in [0.1, 0.15) is 19.3 Å². The molecular formula is C9H16N2O2. The maximum absolute atomic E-state index is 11.0. The predicted molar refractivity (Wildman–Crippen MR) is 50.7 cm³/mol. The summed E-state index contributed by atoms with van der Waals surface area (Å²) in [4.78, 5) is 11.0. The Hall–Kier alpha value is -1.05. The summed E-state index contributed by atoms with van der Waals surface area (Å²) < 4.78 is 4.65. The molecule has 0 bridgehead atoms. The van der Waals surface area contributed by atoms with Crippen molar-refractivity contribution < 1.29 is 9.53 Å². The molecule has 0 aromatic carbocycles. The van der Waals surface area contributed by atoms with Crippen LogP contribution in [0.3, 0.4) is 0 Å². The Morgan fingerprint density at radius 1 is 1.54 bits per heavy atom. The fraction of sp³-hybridized carbons (Fsp3) is 0.667. The van der Waals surface area contributed by atoms with E-state index in [0.29, 0.717) is 13.0 Å². The normalized spacial score (nSPS) is 11.8. The molecule has 4 N–H and O–H groups in total. The Kier molecular flexibility index (Phi) is 6.98. The largest absolute Gasteiger partial charge is 0.451 e. The van der Waals surface area contributed by atoms with Crippen molar-refractivity contribution in [2.75, 3.05) is 13.2 Å². The number of terminal acetylenes is 1. The number of unbranched alkanes of at least 4 members (excludes halogenated alkanes) is 1. The molecule has 0 amide bonds. The van der Waals surface area contributed by atoms with E-state index in [2.05, 4.69) is 10.7 Å². The molecule has 0 fully saturated rings. The molecule has 4 nitrogen and oxygen atoms in total. The highest BCUT2D eigenvalue weighted by Gasteiger charge is 2.13. The summed E-state index contributed by atoms with van der Waals surface area (Å²) in [6.07, 6.45) is 7.22. The second-order valence-corrected chi connectivity index (χ2v) is 2.70. The van der Waals surface area contributed by atoms with Gasteiger partial charge in [-0.25, -0.2) is 0 Å². The highest BCUT2D eigenvalue weighted by molar-refractivity contribution is 5.75. The summed E-state index contributed by atoms with van der Waals surface area (Å²) in [5.41, 5.74) is 10.8. The van der Waals surface area contributed by atoms with Gasteiger partial charge in [0.05, 0.1) is 0 Å². The molecule has 13 heavy (non-hydrogen) atoms. The van der Waals surface area contributed by atoms with E-state index in [4.69, 9.17) is 17.9 Å². The minimum absolute atomic E-state index is 0.0105. The number of rotatable bonds is 6. The summed E-state index contributed by atoms with van der Waals surface area (Å²) in [5.74, 6) is 1.77. The molecular weight excluding hydrogens is 168 g/mol. The fourth-order valence-electron chi connectivity index (χ4n) is 0.846. The molecule has 0 saturated carbocycles. The molecule has 0 aromatic rings. The van der Waals surface area contributed by atoms with Gasteiger partial charge in [0.2, 0.25) is 0 Å². The molecule has 1 atom stereocenters. The molecule has 0 saturated heterocycles. The Labute approximate surface area is 78.6 Å². The van der Waals surface area contributed by atoms with Gasteiger partial charge in [-0.3, -0.25) is 4.79 Å². The van der Waals surface area contributed by atoms with Crippen LogP contribution in [0.15, 0.2) is 0 Å². The summed E-state index contributed by atoms with van der Waals surface area (Å²) in [6.45, 7) is 0.607. The van der Waals surface area contributed by atoms with Gasteiger partial charge in [-0.1, -0.05) is 12.3 Å². The highest BCUT2D eigenvalue weighted by atomic mass is 16.5. The van der Waals surface area contributed by atoms with Crippen LogP contribution >= 0.6 is 0 Å². The topological polar surface area (TPSA) is 78.3 Å². The van der Waals surface area contributed by atoms with E-state index in [-0.39, 0.29) is 6.61 Å². The Morgan fingerprint density at radius 2 is 2.23 bits per heavy atom.